The fraction of sp³-hybridized carbons (Fsp3) is 0.562. The smallest absolute Gasteiger partial charge is 0.241 e. The third kappa shape index (κ3) is 3.94. The van der Waals surface area contributed by atoms with Gasteiger partial charge in [-0.05, 0) is 57.0 Å². The fourth-order valence-electron chi connectivity index (χ4n) is 2.80. The molecule has 4 nitrogen and oxygen atoms in total. The van der Waals surface area contributed by atoms with Gasteiger partial charge in [0.2, 0.25) is 5.91 Å². The molecule has 1 unspecified atom stereocenters. The van der Waals surface area contributed by atoms with E-state index in [1.807, 2.05) is 6.92 Å². The number of nitrogens with zero attached hydrogens (tertiary/aromatic N) is 1. The lowest BCUT2D eigenvalue weighted by Gasteiger charge is -2.35. The Bertz CT molecular complexity index is 498. The SMILES string of the molecule is CCC1CCN(C(C)C(=O)Nc2ccc(F)cc2N)CC1. The second kappa shape index (κ2) is 6.89. The Balaban J connectivity index is 1.93. The van der Waals surface area contributed by atoms with Crippen molar-refractivity contribution in [2.75, 3.05) is 24.1 Å². The van der Waals surface area contributed by atoms with Gasteiger partial charge in [-0.2, -0.15) is 0 Å². The van der Waals surface area contributed by atoms with E-state index in [0.29, 0.717) is 5.69 Å². The number of piperidine rings is 1. The van der Waals surface area contributed by atoms with Crippen LogP contribution in [-0.2, 0) is 4.79 Å². The Labute approximate surface area is 125 Å². The molecule has 1 aromatic carbocycles. The molecule has 1 heterocycles. The average molecular weight is 293 g/mol. The fourth-order valence-corrected chi connectivity index (χ4v) is 2.80. The summed E-state index contributed by atoms with van der Waals surface area (Å²) >= 11 is 0. The van der Waals surface area contributed by atoms with Gasteiger partial charge in [-0.3, -0.25) is 9.69 Å². The van der Waals surface area contributed by atoms with Crippen molar-refractivity contribution in [3.05, 3.63) is 24.0 Å². The minimum absolute atomic E-state index is 0.0942. The van der Waals surface area contributed by atoms with Crippen molar-refractivity contribution in [2.45, 2.75) is 39.2 Å². The van der Waals surface area contributed by atoms with E-state index in [1.54, 1.807) is 0 Å². The molecule has 1 saturated heterocycles. The topological polar surface area (TPSA) is 58.4 Å². The molecule has 1 aliphatic rings. The molecular weight excluding hydrogens is 269 g/mol. The Morgan fingerprint density at radius 2 is 2.14 bits per heavy atom. The first-order valence-corrected chi connectivity index (χ1v) is 7.61. The summed E-state index contributed by atoms with van der Waals surface area (Å²) in [5.74, 6) is 0.285. The van der Waals surface area contributed by atoms with E-state index < -0.39 is 5.82 Å². The summed E-state index contributed by atoms with van der Waals surface area (Å²) in [5, 5.41) is 2.79. The monoisotopic (exact) mass is 293 g/mol. The lowest BCUT2D eigenvalue weighted by molar-refractivity contribution is -0.121. The van der Waals surface area contributed by atoms with Gasteiger partial charge in [-0.15, -0.1) is 0 Å². The molecule has 0 aliphatic carbocycles. The number of nitrogens with one attached hydrogen (secondary N) is 1. The van der Waals surface area contributed by atoms with E-state index in [2.05, 4.69) is 17.1 Å². The van der Waals surface area contributed by atoms with Crippen molar-refractivity contribution < 1.29 is 9.18 Å². The molecule has 0 aromatic heterocycles. The largest absolute Gasteiger partial charge is 0.397 e. The number of nitrogen functional groups attached to an aromatic ring is 1. The summed E-state index contributed by atoms with van der Waals surface area (Å²) in [4.78, 5) is 14.5. The van der Waals surface area contributed by atoms with Crippen LogP contribution in [0.5, 0.6) is 0 Å². The number of benzene rings is 1. The molecule has 1 amide bonds. The number of amides is 1. The summed E-state index contributed by atoms with van der Waals surface area (Å²) in [6.45, 7) is 6.02. The van der Waals surface area contributed by atoms with E-state index in [1.165, 1.54) is 24.6 Å². The van der Waals surface area contributed by atoms with E-state index in [9.17, 15) is 9.18 Å². The van der Waals surface area contributed by atoms with E-state index in [-0.39, 0.29) is 17.6 Å². The molecule has 5 heteroatoms. The van der Waals surface area contributed by atoms with Gasteiger partial charge >= 0.3 is 0 Å². The second-order valence-electron chi connectivity index (χ2n) is 5.78. The molecule has 0 radical (unpaired) electrons. The highest BCUT2D eigenvalue weighted by Crippen LogP contribution is 2.23. The van der Waals surface area contributed by atoms with Gasteiger partial charge in [-0.25, -0.2) is 4.39 Å². The zero-order chi connectivity index (χ0) is 15.4. The third-order valence-electron chi connectivity index (χ3n) is 4.43. The van der Waals surface area contributed by atoms with Gasteiger partial charge < -0.3 is 11.1 Å². The standard InChI is InChI=1S/C16H24FN3O/c1-3-12-6-8-20(9-7-12)11(2)16(21)19-15-5-4-13(17)10-14(15)18/h4-5,10-12H,3,6-9,18H2,1-2H3,(H,19,21). The van der Waals surface area contributed by atoms with Crippen LogP contribution in [-0.4, -0.2) is 29.9 Å². The summed E-state index contributed by atoms with van der Waals surface area (Å²) in [7, 11) is 0. The van der Waals surface area contributed by atoms with Crippen LogP contribution < -0.4 is 11.1 Å². The zero-order valence-electron chi connectivity index (χ0n) is 12.7. The molecule has 3 N–H and O–H groups in total. The lowest BCUT2D eigenvalue weighted by Crippen LogP contribution is -2.46. The highest BCUT2D eigenvalue weighted by atomic mass is 19.1. The molecule has 1 aromatic rings. The number of nitrogens with two attached hydrogens (primary N) is 1. The Hall–Kier alpha value is -1.62. The summed E-state index contributed by atoms with van der Waals surface area (Å²) in [5.41, 5.74) is 6.44. The molecule has 2 rings (SSSR count). The van der Waals surface area contributed by atoms with Crippen LogP contribution in [0.4, 0.5) is 15.8 Å². The number of carbonyl (C=O) groups excluding carboxylic acids is 1. The van der Waals surface area contributed by atoms with Gasteiger partial charge in [0.25, 0.3) is 0 Å². The number of rotatable bonds is 4. The molecule has 0 bridgehead atoms. The van der Waals surface area contributed by atoms with Crippen molar-refractivity contribution in [3.8, 4) is 0 Å². The predicted molar refractivity (Wildman–Crippen MR) is 83.5 cm³/mol. The highest BCUT2D eigenvalue weighted by molar-refractivity contribution is 5.97. The molecule has 116 valence electrons. The molecule has 1 atom stereocenters. The number of anilines is 2. The number of hydrogen-bond donors (Lipinski definition) is 2. The van der Waals surface area contributed by atoms with Crippen molar-refractivity contribution >= 4 is 17.3 Å². The first kappa shape index (κ1) is 15.8. The minimum atomic E-state index is -0.403. The number of likely N-dealkylation sites (tertiary alicyclic amines) is 1. The predicted octanol–water partition coefficient (Wildman–Crippen LogP) is 2.86. The Morgan fingerprint density at radius 1 is 1.48 bits per heavy atom. The van der Waals surface area contributed by atoms with E-state index in [4.69, 9.17) is 5.73 Å². The van der Waals surface area contributed by atoms with Crippen LogP contribution >= 0.6 is 0 Å². The zero-order valence-corrected chi connectivity index (χ0v) is 12.7. The van der Waals surface area contributed by atoms with Crippen LogP contribution in [0, 0.1) is 11.7 Å². The van der Waals surface area contributed by atoms with Gasteiger partial charge in [-0.1, -0.05) is 13.3 Å². The van der Waals surface area contributed by atoms with Crippen LogP contribution in [0.2, 0.25) is 0 Å². The normalized spacial score (nSPS) is 18.4. The van der Waals surface area contributed by atoms with E-state index in [0.717, 1.165) is 31.8 Å². The quantitative estimate of drug-likeness (QED) is 0.839. The number of carbonyl (C=O) groups is 1. The maximum Gasteiger partial charge on any atom is 0.241 e. The summed E-state index contributed by atoms with van der Waals surface area (Å²) < 4.78 is 13.0. The van der Waals surface area contributed by atoms with Gasteiger partial charge in [0.05, 0.1) is 17.4 Å². The van der Waals surface area contributed by atoms with Crippen molar-refractivity contribution in [1.29, 1.82) is 0 Å². The van der Waals surface area contributed by atoms with Crippen LogP contribution in [0.1, 0.15) is 33.1 Å². The molecule has 0 spiro atoms. The summed E-state index contributed by atoms with van der Waals surface area (Å²) in [6, 6.07) is 3.81. The first-order chi connectivity index (χ1) is 10.0. The minimum Gasteiger partial charge on any atom is -0.397 e. The van der Waals surface area contributed by atoms with Gasteiger partial charge in [0.15, 0.2) is 0 Å². The molecular formula is C16H24FN3O. The van der Waals surface area contributed by atoms with Gasteiger partial charge in [0.1, 0.15) is 5.82 Å². The Morgan fingerprint density at radius 3 is 2.71 bits per heavy atom. The van der Waals surface area contributed by atoms with Crippen LogP contribution in [0.15, 0.2) is 18.2 Å². The van der Waals surface area contributed by atoms with Crippen LogP contribution in [0.25, 0.3) is 0 Å². The van der Waals surface area contributed by atoms with Crippen molar-refractivity contribution in [2.24, 2.45) is 5.92 Å². The summed E-state index contributed by atoms with van der Waals surface area (Å²) in [6.07, 6.45) is 3.50. The van der Waals surface area contributed by atoms with Crippen LogP contribution in [0.3, 0.4) is 0 Å². The molecule has 21 heavy (non-hydrogen) atoms. The number of halogens is 1. The van der Waals surface area contributed by atoms with Crippen molar-refractivity contribution in [3.63, 3.8) is 0 Å². The third-order valence-corrected chi connectivity index (χ3v) is 4.43. The maximum absolute atomic E-state index is 13.0. The lowest BCUT2D eigenvalue weighted by atomic mass is 9.93. The second-order valence-corrected chi connectivity index (χ2v) is 5.78. The Kier molecular flexibility index (Phi) is 5.17. The maximum atomic E-state index is 13.0. The van der Waals surface area contributed by atoms with Crippen molar-refractivity contribution in [1.82, 2.24) is 4.90 Å². The average Bonchev–Trinajstić information content (AvgIpc) is 2.49. The molecule has 0 saturated carbocycles. The molecule has 1 aliphatic heterocycles. The number of hydrogen-bond acceptors (Lipinski definition) is 3. The first-order valence-electron chi connectivity index (χ1n) is 7.61. The van der Waals surface area contributed by atoms with Gasteiger partial charge in [0, 0.05) is 0 Å². The van der Waals surface area contributed by atoms with E-state index >= 15 is 0 Å². The molecule has 1 fully saturated rings. The highest BCUT2D eigenvalue weighted by Gasteiger charge is 2.26.